The van der Waals surface area contributed by atoms with Gasteiger partial charge < -0.3 is 10.1 Å². The van der Waals surface area contributed by atoms with E-state index in [9.17, 15) is 25.0 Å². The molecular formula is C19H17N5O6. The first-order chi connectivity index (χ1) is 14.2. The third kappa shape index (κ3) is 5.16. The fourth-order valence-corrected chi connectivity index (χ4v) is 2.83. The van der Waals surface area contributed by atoms with Gasteiger partial charge >= 0.3 is 5.69 Å². The quantitative estimate of drug-likeness (QED) is 0.461. The lowest BCUT2D eigenvalue weighted by Gasteiger charge is -2.11. The average molecular weight is 411 g/mol. The molecule has 0 atom stereocenters. The number of hydrogen-bond acceptors (Lipinski definition) is 7. The van der Waals surface area contributed by atoms with Gasteiger partial charge in [-0.1, -0.05) is 6.07 Å². The molecule has 0 spiro atoms. The van der Waals surface area contributed by atoms with Crippen LogP contribution in [0.1, 0.15) is 11.1 Å². The van der Waals surface area contributed by atoms with E-state index in [4.69, 9.17) is 4.74 Å². The number of ether oxygens (including phenoxy) is 1. The van der Waals surface area contributed by atoms with Crippen molar-refractivity contribution < 1.29 is 19.4 Å². The van der Waals surface area contributed by atoms with Crippen molar-refractivity contribution in [3.05, 3.63) is 80.1 Å². The molecule has 0 aliphatic rings. The Morgan fingerprint density at radius 3 is 2.23 bits per heavy atom. The summed E-state index contributed by atoms with van der Waals surface area (Å²) in [6, 6.07) is 9.44. The molecule has 11 heteroatoms. The second-order valence-electron chi connectivity index (χ2n) is 6.60. The number of hydrogen-bond donors (Lipinski definition) is 1. The lowest BCUT2D eigenvalue weighted by Crippen LogP contribution is -2.19. The summed E-state index contributed by atoms with van der Waals surface area (Å²) in [5.41, 5.74) is 1.58. The van der Waals surface area contributed by atoms with Crippen molar-refractivity contribution >= 4 is 23.0 Å². The molecular weight excluding hydrogens is 394 g/mol. The Balaban J connectivity index is 1.80. The molecule has 0 saturated heterocycles. The Morgan fingerprint density at radius 1 is 1.00 bits per heavy atom. The standard InChI is InChI=1S/C19H17N5O6/c1-12-3-13(2)5-17(4-12)30-18-7-14(6-15(8-18)23(26)27)21-19(25)11-22-10-16(9-20-22)24(28)29/h3-10H,11H2,1-2H3,(H,21,25). The second-order valence-corrected chi connectivity index (χ2v) is 6.60. The number of anilines is 1. The average Bonchev–Trinajstić information content (AvgIpc) is 3.09. The van der Waals surface area contributed by atoms with E-state index >= 15 is 0 Å². The third-order valence-electron chi connectivity index (χ3n) is 3.95. The molecule has 0 aliphatic carbocycles. The molecule has 0 bridgehead atoms. The van der Waals surface area contributed by atoms with Crippen molar-refractivity contribution in [2.24, 2.45) is 0 Å². The van der Waals surface area contributed by atoms with Crippen LogP contribution in [-0.2, 0) is 11.3 Å². The van der Waals surface area contributed by atoms with Crippen LogP contribution in [0.4, 0.5) is 17.1 Å². The molecule has 0 unspecified atom stereocenters. The van der Waals surface area contributed by atoms with E-state index in [0.717, 1.165) is 28.2 Å². The highest BCUT2D eigenvalue weighted by molar-refractivity contribution is 5.91. The van der Waals surface area contributed by atoms with Crippen LogP contribution in [0.15, 0.2) is 48.8 Å². The van der Waals surface area contributed by atoms with Crippen LogP contribution in [-0.4, -0.2) is 25.5 Å². The fraction of sp³-hybridized carbons (Fsp3) is 0.158. The number of aryl methyl sites for hydroxylation is 2. The lowest BCUT2D eigenvalue weighted by molar-refractivity contribution is -0.385. The summed E-state index contributed by atoms with van der Waals surface area (Å²) in [6.45, 7) is 3.50. The van der Waals surface area contributed by atoms with Crippen LogP contribution < -0.4 is 10.1 Å². The topological polar surface area (TPSA) is 142 Å². The number of nitrogens with zero attached hydrogens (tertiary/aromatic N) is 4. The van der Waals surface area contributed by atoms with Crippen molar-refractivity contribution in [1.82, 2.24) is 9.78 Å². The zero-order valence-electron chi connectivity index (χ0n) is 16.1. The van der Waals surface area contributed by atoms with Gasteiger partial charge in [-0.2, -0.15) is 5.10 Å². The molecule has 1 heterocycles. The minimum atomic E-state index is -0.626. The summed E-state index contributed by atoms with van der Waals surface area (Å²) in [6.07, 6.45) is 2.14. The van der Waals surface area contributed by atoms with Crippen molar-refractivity contribution in [3.8, 4) is 11.5 Å². The second kappa shape index (κ2) is 8.39. The van der Waals surface area contributed by atoms with E-state index in [1.165, 1.54) is 18.2 Å². The summed E-state index contributed by atoms with van der Waals surface area (Å²) < 4.78 is 6.85. The summed E-state index contributed by atoms with van der Waals surface area (Å²) in [4.78, 5) is 33.0. The minimum absolute atomic E-state index is 0.148. The van der Waals surface area contributed by atoms with Gasteiger partial charge in [-0.3, -0.25) is 29.7 Å². The highest BCUT2D eigenvalue weighted by Gasteiger charge is 2.15. The number of carbonyl (C=O) groups is 1. The summed E-state index contributed by atoms with van der Waals surface area (Å²) in [7, 11) is 0. The largest absolute Gasteiger partial charge is 0.457 e. The van der Waals surface area contributed by atoms with Gasteiger partial charge in [-0.15, -0.1) is 0 Å². The molecule has 30 heavy (non-hydrogen) atoms. The highest BCUT2D eigenvalue weighted by atomic mass is 16.6. The monoisotopic (exact) mass is 411 g/mol. The highest BCUT2D eigenvalue weighted by Crippen LogP contribution is 2.30. The third-order valence-corrected chi connectivity index (χ3v) is 3.95. The summed E-state index contributed by atoms with van der Waals surface area (Å²) in [5, 5.41) is 28.2. The fourth-order valence-electron chi connectivity index (χ4n) is 2.83. The molecule has 1 amide bonds. The minimum Gasteiger partial charge on any atom is -0.457 e. The Labute approximate surface area is 170 Å². The van der Waals surface area contributed by atoms with Crippen LogP contribution in [0, 0.1) is 34.1 Å². The molecule has 2 aromatic carbocycles. The van der Waals surface area contributed by atoms with Gasteiger partial charge in [0.05, 0.1) is 21.6 Å². The first-order valence-corrected chi connectivity index (χ1v) is 8.72. The number of amides is 1. The van der Waals surface area contributed by atoms with Crippen molar-refractivity contribution in [3.63, 3.8) is 0 Å². The van der Waals surface area contributed by atoms with E-state index < -0.39 is 15.8 Å². The number of rotatable bonds is 7. The predicted octanol–water partition coefficient (Wildman–Crippen LogP) is 3.75. The zero-order chi connectivity index (χ0) is 21.8. The van der Waals surface area contributed by atoms with Crippen LogP contribution >= 0.6 is 0 Å². The van der Waals surface area contributed by atoms with Crippen LogP contribution in [0.3, 0.4) is 0 Å². The molecule has 0 radical (unpaired) electrons. The Morgan fingerprint density at radius 2 is 1.63 bits per heavy atom. The zero-order valence-corrected chi connectivity index (χ0v) is 16.1. The summed E-state index contributed by atoms with van der Waals surface area (Å²) in [5.74, 6) is 0.124. The number of nitro benzene ring substituents is 1. The molecule has 3 aromatic rings. The SMILES string of the molecule is Cc1cc(C)cc(Oc2cc(NC(=O)Cn3cc([N+](=O)[O-])cn3)cc([N+](=O)[O-])c2)c1. The maximum Gasteiger partial charge on any atom is 0.307 e. The maximum absolute atomic E-state index is 12.2. The van der Waals surface area contributed by atoms with E-state index in [-0.39, 0.29) is 29.4 Å². The van der Waals surface area contributed by atoms with Gasteiger partial charge in [0.1, 0.15) is 30.4 Å². The molecule has 1 aromatic heterocycles. The number of nitrogens with one attached hydrogen (secondary N) is 1. The molecule has 0 aliphatic heterocycles. The van der Waals surface area contributed by atoms with Crippen LogP contribution in [0.25, 0.3) is 0 Å². The number of nitro groups is 2. The lowest BCUT2D eigenvalue weighted by atomic mass is 10.1. The van der Waals surface area contributed by atoms with Gasteiger partial charge in [0, 0.05) is 12.1 Å². The Bertz CT molecular complexity index is 1120. The normalized spacial score (nSPS) is 10.5. The molecule has 1 N–H and O–H groups in total. The Hall–Kier alpha value is -4.28. The molecule has 0 fully saturated rings. The number of aromatic nitrogens is 2. The summed E-state index contributed by atoms with van der Waals surface area (Å²) >= 11 is 0. The predicted molar refractivity (Wildman–Crippen MR) is 107 cm³/mol. The van der Waals surface area contributed by atoms with E-state index in [1.54, 1.807) is 12.1 Å². The van der Waals surface area contributed by atoms with Gasteiger partial charge in [0.15, 0.2) is 0 Å². The van der Waals surface area contributed by atoms with Gasteiger partial charge in [-0.05, 0) is 37.1 Å². The Kier molecular flexibility index (Phi) is 5.72. The van der Waals surface area contributed by atoms with E-state index in [1.807, 2.05) is 19.9 Å². The molecule has 11 nitrogen and oxygen atoms in total. The molecule has 154 valence electrons. The number of non-ortho nitro benzene ring substituents is 1. The van der Waals surface area contributed by atoms with Crippen molar-refractivity contribution in [1.29, 1.82) is 0 Å². The number of carbonyl (C=O) groups excluding carboxylic acids is 1. The molecule has 0 saturated carbocycles. The molecule has 3 rings (SSSR count). The first-order valence-electron chi connectivity index (χ1n) is 8.72. The van der Waals surface area contributed by atoms with E-state index in [2.05, 4.69) is 10.4 Å². The maximum atomic E-state index is 12.2. The van der Waals surface area contributed by atoms with Crippen molar-refractivity contribution in [2.45, 2.75) is 20.4 Å². The van der Waals surface area contributed by atoms with Crippen molar-refractivity contribution in [2.75, 3.05) is 5.32 Å². The van der Waals surface area contributed by atoms with Gasteiger partial charge in [0.25, 0.3) is 5.69 Å². The smallest absolute Gasteiger partial charge is 0.307 e. The number of benzene rings is 2. The van der Waals surface area contributed by atoms with Crippen LogP contribution in [0.2, 0.25) is 0 Å². The van der Waals surface area contributed by atoms with Gasteiger partial charge in [0.2, 0.25) is 5.91 Å². The van der Waals surface area contributed by atoms with E-state index in [0.29, 0.717) is 5.75 Å². The van der Waals surface area contributed by atoms with Gasteiger partial charge in [-0.25, -0.2) is 0 Å². The van der Waals surface area contributed by atoms with Crippen LogP contribution in [0.5, 0.6) is 11.5 Å². The first kappa shape index (κ1) is 20.5.